The number of halogens is 1. The average Bonchev–Trinajstić information content (AvgIpc) is 2.89. The quantitative estimate of drug-likeness (QED) is 0.835. The molecule has 1 aliphatic rings. The Labute approximate surface area is 125 Å². The smallest absolute Gasteiger partial charge is 0.257 e. The van der Waals surface area contributed by atoms with Crippen molar-refractivity contribution >= 4 is 22.6 Å². The van der Waals surface area contributed by atoms with Crippen molar-refractivity contribution in [2.24, 2.45) is 0 Å². The largest absolute Gasteiger partial charge is 0.334 e. The van der Waals surface area contributed by atoms with E-state index in [-0.39, 0.29) is 0 Å². The molecule has 1 aromatic heterocycles. The minimum atomic E-state index is 0.599. The Hall–Kier alpha value is -0.990. The molecule has 1 aliphatic heterocycles. The maximum Gasteiger partial charge on any atom is 0.257 e. The minimum Gasteiger partial charge on any atom is -0.334 e. The minimum absolute atomic E-state index is 0.599. The van der Waals surface area contributed by atoms with Gasteiger partial charge in [-0.25, -0.2) is 0 Å². The number of nitrogens with zero attached hydrogens (tertiary/aromatic N) is 3. The molecule has 2 aromatic rings. The van der Waals surface area contributed by atoms with Gasteiger partial charge in [0, 0.05) is 35.3 Å². The number of aromatic nitrogens is 2. The summed E-state index contributed by atoms with van der Waals surface area (Å²) in [5, 5.41) is 7.39. The van der Waals surface area contributed by atoms with Crippen LogP contribution in [0.1, 0.15) is 5.82 Å². The van der Waals surface area contributed by atoms with E-state index in [2.05, 4.69) is 42.9 Å². The van der Waals surface area contributed by atoms with E-state index in [1.807, 2.05) is 24.3 Å². The lowest BCUT2D eigenvalue weighted by molar-refractivity contribution is 0.225. The lowest BCUT2D eigenvalue weighted by atomic mass is 10.2. The van der Waals surface area contributed by atoms with Crippen molar-refractivity contribution in [3.8, 4) is 11.5 Å². The third-order valence-electron chi connectivity index (χ3n) is 3.13. The molecule has 0 amide bonds. The molecule has 0 spiro atoms. The summed E-state index contributed by atoms with van der Waals surface area (Å²) >= 11 is 2.28. The van der Waals surface area contributed by atoms with E-state index in [1.54, 1.807) is 0 Å². The summed E-state index contributed by atoms with van der Waals surface area (Å²) in [6.45, 7) is 4.89. The molecule has 2 heterocycles. The van der Waals surface area contributed by atoms with Gasteiger partial charge < -0.3 is 9.84 Å². The summed E-state index contributed by atoms with van der Waals surface area (Å²) in [5.41, 5.74) is 0.972. The molecule has 0 saturated carbocycles. The molecule has 0 atom stereocenters. The van der Waals surface area contributed by atoms with Crippen molar-refractivity contribution in [2.45, 2.75) is 6.54 Å². The summed E-state index contributed by atoms with van der Waals surface area (Å²) in [6, 6.07) is 8.08. The van der Waals surface area contributed by atoms with Crippen LogP contribution in [-0.2, 0) is 6.54 Å². The molecular formula is C13H15IN4O. The van der Waals surface area contributed by atoms with E-state index in [1.165, 1.54) is 3.57 Å². The van der Waals surface area contributed by atoms with Crippen LogP contribution in [-0.4, -0.2) is 41.2 Å². The fourth-order valence-corrected chi connectivity index (χ4v) is 2.46. The van der Waals surface area contributed by atoms with Gasteiger partial charge in [0.1, 0.15) is 0 Å². The first-order chi connectivity index (χ1) is 9.31. The number of hydrogen-bond acceptors (Lipinski definition) is 5. The van der Waals surface area contributed by atoms with Crippen molar-refractivity contribution in [3.05, 3.63) is 33.7 Å². The van der Waals surface area contributed by atoms with Crippen LogP contribution in [0.3, 0.4) is 0 Å². The van der Waals surface area contributed by atoms with Gasteiger partial charge >= 0.3 is 0 Å². The second-order valence-corrected chi connectivity index (χ2v) is 5.79. The predicted octanol–water partition coefficient (Wildman–Crippen LogP) is 1.75. The van der Waals surface area contributed by atoms with E-state index in [0.717, 1.165) is 44.1 Å². The number of nitrogens with one attached hydrogen (secondary N) is 1. The Morgan fingerprint density at radius 1 is 1.21 bits per heavy atom. The maximum absolute atomic E-state index is 5.33. The molecule has 19 heavy (non-hydrogen) atoms. The van der Waals surface area contributed by atoms with Crippen molar-refractivity contribution in [1.29, 1.82) is 0 Å². The molecule has 0 unspecified atom stereocenters. The molecule has 0 aliphatic carbocycles. The Balaban J connectivity index is 1.70. The summed E-state index contributed by atoms with van der Waals surface area (Å²) in [7, 11) is 0. The fourth-order valence-electron chi connectivity index (χ4n) is 2.10. The van der Waals surface area contributed by atoms with Crippen LogP contribution in [0.25, 0.3) is 11.5 Å². The molecule has 0 radical (unpaired) electrons. The van der Waals surface area contributed by atoms with Crippen LogP contribution in [0.5, 0.6) is 0 Å². The fraction of sp³-hybridized carbons (Fsp3) is 0.385. The molecule has 1 N–H and O–H groups in total. The van der Waals surface area contributed by atoms with Crippen LogP contribution >= 0.6 is 22.6 Å². The highest BCUT2D eigenvalue weighted by Crippen LogP contribution is 2.18. The van der Waals surface area contributed by atoms with Crippen molar-refractivity contribution in [1.82, 2.24) is 20.4 Å². The normalized spacial score (nSPS) is 16.7. The van der Waals surface area contributed by atoms with E-state index in [0.29, 0.717) is 5.89 Å². The molecular weight excluding hydrogens is 355 g/mol. The van der Waals surface area contributed by atoms with Gasteiger partial charge in [-0.15, -0.1) is 0 Å². The highest BCUT2D eigenvalue weighted by molar-refractivity contribution is 14.1. The first-order valence-electron chi connectivity index (χ1n) is 6.33. The van der Waals surface area contributed by atoms with Gasteiger partial charge in [0.2, 0.25) is 0 Å². The Bertz CT molecular complexity index is 534. The van der Waals surface area contributed by atoms with E-state index < -0.39 is 0 Å². The van der Waals surface area contributed by atoms with Crippen LogP contribution in [0, 0.1) is 3.57 Å². The number of hydrogen-bond donors (Lipinski definition) is 1. The van der Waals surface area contributed by atoms with Gasteiger partial charge in [0.05, 0.1) is 6.54 Å². The standard InChI is InChI=1S/C13H15IN4O/c14-11-3-1-10(2-4-11)13-16-12(17-19-13)9-18-7-5-15-6-8-18/h1-4,15H,5-9H2. The molecule has 3 rings (SSSR count). The number of piperazine rings is 1. The van der Waals surface area contributed by atoms with E-state index in [9.17, 15) is 0 Å². The third kappa shape index (κ3) is 3.31. The van der Waals surface area contributed by atoms with Crippen LogP contribution < -0.4 is 5.32 Å². The monoisotopic (exact) mass is 370 g/mol. The first-order valence-corrected chi connectivity index (χ1v) is 7.41. The number of rotatable bonds is 3. The molecule has 6 heteroatoms. The van der Waals surface area contributed by atoms with Gasteiger partial charge in [-0.1, -0.05) is 5.16 Å². The summed E-state index contributed by atoms with van der Waals surface area (Å²) in [5.74, 6) is 1.36. The predicted molar refractivity (Wildman–Crippen MR) is 80.6 cm³/mol. The molecule has 100 valence electrons. The first kappa shape index (κ1) is 13.0. The van der Waals surface area contributed by atoms with Crippen molar-refractivity contribution in [2.75, 3.05) is 26.2 Å². The van der Waals surface area contributed by atoms with Gasteiger partial charge in [0.25, 0.3) is 5.89 Å². The van der Waals surface area contributed by atoms with E-state index >= 15 is 0 Å². The molecule has 0 bridgehead atoms. The molecule has 1 fully saturated rings. The second kappa shape index (κ2) is 5.98. The van der Waals surface area contributed by atoms with Crippen LogP contribution in [0.15, 0.2) is 28.8 Å². The zero-order valence-electron chi connectivity index (χ0n) is 10.5. The third-order valence-corrected chi connectivity index (χ3v) is 3.85. The van der Waals surface area contributed by atoms with E-state index in [4.69, 9.17) is 4.52 Å². The Morgan fingerprint density at radius 3 is 2.68 bits per heavy atom. The van der Waals surface area contributed by atoms with Gasteiger partial charge in [-0.05, 0) is 46.9 Å². The lowest BCUT2D eigenvalue weighted by Gasteiger charge is -2.25. The van der Waals surface area contributed by atoms with Crippen molar-refractivity contribution < 1.29 is 4.52 Å². The molecule has 5 nitrogen and oxygen atoms in total. The van der Waals surface area contributed by atoms with Crippen molar-refractivity contribution in [3.63, 3.8) is 0 Å². The molecule has 1 aromatic carbocycles. The lowest BCUT2D eigenvalue weighted by Crippen LogP contribution is -2.43. The van der Waals surface area contributed by atoms with Crippen LogP contribution in [0.4, 0.5) is 0 Å². The average molecular weight is 370 g/mol. The maximum atomic E-state index is 5.33. The highest BCUT2D eigenvalue weighted by atomic mass is 127. The second-order valence-electron chi connectivity index (χ2n) is 4.55. The topological polar surface area (TPSA) is 54.2 Å². The van der Waals surface area contributed by atoms with Gasteiger partial charge in [0.15, 0.2) is 5.82 Å². The zero-order chi connectivity index (χ0) is 13.1. The SMILES string of the molecule is Ic1ccc(-c2nc(CN3CCNCC3)no2)cc1. The highest BCUT2D eigenvalue weighted by Gasteiger charge is 2.14. The Kier molecular flexibility index (Phi) is 4.09. The zero-order valence-corrected chi connectivity index (χ0v) is 12.6. The van der Waals surface area contributed by atoms with Crippen LogP contribution in [0.2, 0.25) is 0 Å². The van der Waals surface area contributed by atoms with Gasteiger partial charge in [-0.2, -0.15) is 4.98 Å². The summed E-state index contributed by atoms with van der Waals surface area (Å²) < 4.78 is 6.52. The number of benzene rings is 1. The summed E-state index contributed by atoms with van der Waals surface area (Å²) in [4.78, 5) is 6.79. The van der Waals surface area contributed by atoms with Gasteiger partial charge in [-0.3, -0.25) is 4.90 Å². The molecule has 1 saturated heterocycles. The Morgan fingerprint density at radius 2 is 1.95 bits per heavy atom. The summed E-state index contributed by atoms with van der Waals surface area (Å²) in [6.07, 6.45) is 0.